The predicted molar refractivity (Wildman–Crippen MR) is 65.4 cm³/mol. The summed E-state index contributed by atoms with van der Waals surface area (Å²) >= 11 is 7.79. The van der Waals surface area contributed by atoms with Crippen LogP contribution in [0.4, 0.5) is 0 Å². The molecule has 1 fully saturated rings. The third kappa shape index (κ3) is 3.74. The van der Waals surface area contributed by atoms with E-state index in [9.17, 15) is 0 Å². The zero-order valence-corrected chi connectivity index (χ0v) is 10.4. The Morgan fingerprint density at radius 1 is 1.40 bits per heavy atom. The van der Waals surface area contributed by atoms with Crippen molar-refractivity contribution in [2.24, 2.45) is 5.92 Å². The van der Waals surface area contributed by atoms with Gasteiger partial charge in [-0.3, -0.25) is 4.98 Å². The van der Waals surface area contributed by atoms with Crippen molar-refractivity contribution in [1.82, 2.24) is 10.3 Å². The molecule has 1 aromatic rings. The van der Waals surface area contributed by atoms with Crippen LogP contribution in [0.5, 0.6) is 0 Å². The van der Waals surface area contributed by atoms with Crippen molar-refractivity contribution in [1.29, 1.82) is 0 Å². The van der Waals surface area contributed by atoms with Gasteiger partial charge in [-0.25, -0.2) is 0 Å². The molecule has 0 aromatic carbocycles. The molecule has 1 saturated carbocycles. The topological polar surface area (TPSA) is 24.9 Å². The van der Waals surface area contributed by atoms with Crippen molar-refractivity contribution in [3.05, 3.63) is 16.6 Å². The monoisotopic (exact) mass is 244 g/mol. The van der Waals surface area contributed by atoms with Crippen LogP contribution in [0, 0.1) is 5.92 Å². The fourth-order valence-corrected chi connectivity index (χ4v) is 2.87. The first-order valence-corrected chi connectivity index (χ1v) is 6.88. The molecular weight excluding hydrogens is 228 g/mol. The van der Waals surface area contributed by atoms with Gasteiger partial charge in [-0.2, -0.15) is 0 Å². The summed E-state index contributed by atoms with van der Waals surface area (Å²) in [6.07, 6.45) is 6.88. The number of nitrogens with one attached hydrogen (secondary N) is 1. The molecule has 1 N–H and O–H groups in total. The fraction of sp³-hybridized carbons (Fsp3) is 0.727. The number of alkyl halides is 1. The molecule has 2 nitrogen and oxygen atoms in total. The van der Waals surface area contributed by atoms with Gasteiger partial charge < -0.3 is 5.32 Å². The summed E-state index contributed by atoms with van der Waals surface area (Å²) in [4.78, 5) is 5.38. The molecule has 0 bridgehead atoms. The molecule has 0 unspecified atom stereocenters. The van der Waals surface area contributed by atoms with Crippen LogP contribution < -0.4 is 5.32 Å². The second kappa shape index (κ2) is 5.83. The van der Waals surface area contributed by atoms with Crippen molar-refractivity contribution in [3.63, 3.8) is 0 Å². The van der Waals surface area contributed by atoms with Crippen LogP contribution in [0.2, 0.25) is 0 Å². The number of aromatic nitrogens is 1. The normalized spacial score (nSPS) is 26.7. The minimum Gasteiger partial charge on any atom is -0.312 e. The van der Waals surface area contributed by atoms with E-state index in [0.717, 1.165) is 19.0 Å². The molecule has 15 heavy (non-hydrogen) atoms. The molecule has 84 valence electrons. The maximum atomic E-state index is 6.07. The van der Waals surface area contributed by atoms with Gasteiger partial charge in [-0.05, 0) is 38.1 Å². The van der Waals surface area contributed by atoms with Crippen LogP contribution in [0.3, 0.4) is 0 Å². The maximum absolute atomic E-state index is 6.07. The van der Waals surface area contributed by atoms with Gasteiger partial charge in [0.1, 0.15) is 0 Å². The van der Waals surface area contributed by atoms with E-state index in [-0.39, 0.29) is 0 Å². The lowest BCUT2D eigenvalue weighted by molar-refractivity contribution is 0.346. The van der Waals surface area contributed by atoms with Crippen LogP contribution >= 0.6 is 22.9 Å². The highest BCUT2D eigenvalue weighted by molar-refractivity contribution is 7.09. The molecule has 4 heteroatoms. The maximum Gasteiger partial charge on any atom is 0.0794 e. The van der Waals surface area contributed by atoms with Crippen LogP contribution in [0.25, 0.3) is 0 Å². The number of thiazole rings is 1. The van der Waals surface area contributed by atoms with Gasteiger partial charge in [0.05, 0.1) is 5.51 Å². The number of hydrogen-bond donors (Lipinski definition) is 1. The summed E-state index contributed by atoms with van der Waals surface area (Å²) in [5, 5.41) is 3.93. The van der Waals surface area contributed by atoms with Gasteiger partial charge in [-0.15, -0.1) is 22.9 Å². The Kier molecular flexibility index (Phi) is 4.42. The molecule has 0 atom stereocenters. The Bertz CT molecular complexity index is 268. The number of rotatable bonds is 4. The Morgan fingerprint density at radius 3 is 2.87 bits per heavy atom. The minimum atomic E-state index is 0.433. The smallest absolute Gasteiger partial charge is 0.0794 e. The van der Waals surface area contributed by atoms with E-state index in [1.807, 2.05) is 11.7 Å². The van der Waals surface area contributed by atoms with Crippen molar-refractivity contribution < 1.29 is 0 Å². The lowest BCUT2D eigenvalue weighted by Crippen LogP contribution is -2.26. The molecule has 0 aliphatic heterocycles. The molecule has 1 heterocycles. The second-order valence-electron chi connectivity index (χ2n) is 4.22. The van der Waals surface area contributed by atoms with Gasteiger partial charge in [0.2, 0.25) is 0 Å². The summed E-state index contributed by atoms with van der Waals surface area (Å²) in [6, 6.07) is 0. The van der Waals surface area contributed by atoms with Crippen LogP contribution in [0.1, 0.15) is 30.6 Å². The first-order chi connectivity index (χ1) is 7.34. The lowest BCUT2D eigenvalue weighted by Gasteiger charge is -2.24. The highest BCUT2D eigenvalue weighted by atomic mass is 35.5. The number of halogens is 1. The molecule has 0 amide bonds. The third-order valence-corrected chi connectivity index (χ3v) is 4.21. The Balaban J connectivity index is 1.62. The second-order valence-corrected chi connectivity index (χ2v) is 5.80. The van der Waals surface area contributed by atoms with Crippen molar-refractivity contribution in [2.75, 3.05) is 6.54 Å². The highest BCUT2D eigenvalue weighted by Gasteiger charge is 2.18. The van der Waals surface area contributed by atoms with Crippen LogP contribution in [0.15, 0.2) is 11.7 Å². The van der Waals surface area contributed by atoms with Crippen molar-refractivity contribution >= 4 is 22.9 Å². The number of hydrogen-bond acceptors (Lipinski definition) is 3. The predicted octanol–water partition coefficient (Wildman–Crippen LogP) is 3.03. The average Bonchev–Trinajstić information content (AvgIpc) is 2.74. The van der Waals surface area contributed by atoms with Gasteiger partial charge in [-0.1, -0.05) is 0 Å². The first kappa shape index (κ1) is 11.4. The van der Waals surface area contributed by atoms with Gasteiger partial charge in [0.25, 0.3) is 0 Å². The summed E-state index contributed by atoms with van der Waals surface area (Å²) in [6.45, 7) is 2.09. The van der Waals surface area contributed by atoms with E-state index in [1.54, 1.807) is 11.3 Å². The SMILES string of the molecule is ClC1CCC(CNCc2cncs2)CC1. The Labute approximate surface area is 100 Å². The van der Waals surface area contributed by atoms with E-state index >= 15 is 0 Å². The molecule has 1 aliphatic rings. The van der Waals surface area contributed by atoms with Gasteiger partial charge in [0, 0.05) is 23.0 Å². The molecule has 0 spiro atoms. The minimum absolute atomic E-state index is 0.433. The van der Waals surface area contributed by atoms with Crippen molar-refractivity contribution in [3.8, 4) is 0 Å². The Hall–Kier alpha value is -0.120. The zero-order chi connectivity index (χ0) is 10.5. The lowest BCUT2D eigenvalue weighted by atomic mass is 9.89. The third-order valence-electron chi connectivity index (χ3n) is 2.99. The molecular formula is C11H17ClN2S. The summed E-state index contributed by atoms with van der Waals surface area (Å²) in [7, 11) is 0. The molecule has 0 saturated heterocycles. The van der Waals surface area contributed by atoms with Crippen molar-refractivity contribution in [2.45, 2.75) is 37.6 Å². The Morgan fingerprint density at radius 2 is 2.20 bits per heavy atom. The summed E-state index contributed by atoms with van der Waals surface area (Å²) in [5.74, 6) is 0.827. The molecule has 2 rings (SSSR count). The summed E-state index contributed by atoms with van der Waals surface area (Å²) < 4.78 is 0. The highest BCUT2D eigenvalue weighted by Crippen LogP contribution is 2.26. The quantitative estimate of drug-likeness (QED) is 0.824. The average molecular weight is 245 g/mol. The molecule has 1 aliphatic carbocycles. The van der Waals surface area contributed by atoms with E-state index in [0.29, 0.717) is 5.38 Å². The number of nitrogens with zero attached hydrogens (tertiary/aromatic N) is 1. The van der Waals surface area contributed by atoms with Crippen LogP contribution in [-0.4, -0.2) is 16.9 Å². The van der Waals surface area contributed by atoms with Gasteiger partial charge >= 0.3 is 0 Å². The van der Waals surface area contributed by atoms with Gasteiger partial charge in [0.15, 0.2) is 0 Å². The van der Waals surface area contributed by atoms with E-state index < -0.39 is 0 Å². The van der Waals surface area contributed by atoms with Crippen LogP contribution in [-0.2, 0) is 6.54 Å². The molecule has 1 aromatic heterocycles. The summed E-state index contributed by atoms with van der Waals surface area (Å²) in [5.41, 5.74) is 1.88. The molecule has 0 radical (unpaired) electrons. The fourth-order valence-electron chi connectivity index (χ4n) is 2.05. The van der Waals surface area contributed by atoms with E-state index in [1.165, 1.54) is 30.6 Å². The zero-order valence-electron chi connectivity index (χ0n) is 8.79. The first-order valence-electron chi connectivity index (χ1n) is 5.57. The van der Waals surface area contributed by atoms with E-state index in [2.05, 4.69) is 10.3 Å². The largest absolute Gasteiger partial charge is 0.312 e. The van der Waals surface area contributed by atoms with E-state index in [4.69, 9.17) is 11.6 Å². The standard InChI is InChI=1S/C11H17ClN2S/c12-10-3-1-9(2-4-10)5-13-6-11-7-14-8-15-11/h7-10,13H,1-6H2.